The lowest BCUT2D eigenvalue weighted by Crippen LogP contribution is -2.70. The highest BCUT2D eigenvalue weighted by atomic mass is 32.2. The van der Waals surface area contributed by atoms with Gasteiger partial charge in [0, 0.05) is 24.0 Å². The van der Waals surface area contributed by atoms with Gasteiger partial charge in [-0.1, -0.05) is 12.1 Å². The van der Waals surface area contributed by atoms with Crippen LogP contribution in [0.1, 0.15) is 36.0 Å². The van der Waals surface area contributed by atoms with E-state index in [-0.39, 0.29) is 17.8 Å². The van der Waals surface area contributed by atoms with E-state index >= 15 is 0 Å². The van der Waals surface area contributed by atoms with Crippen molar-refractivity contribution in [1.82, 2.24) is 9.62 Å². The van der Waals surface area contributed by atoms with Gasteiger partial charge in [-0.15, -0.1) is 0 Å². The van der Waals surface area contributed by atoms with Crippen LogP contribution in [0.15, 0.2) is 47.4 Å². The minimum atomic E-state index is -4.37. The van der Waals surface area contributed by atoms with Gasteiger partial charge in [0.2, 0.25) is 0 Å². The molecule has 0 amide bonds. The number of nitrogens with one attached hydrogen (secondary N) is 1. The summed E-state index contributed by atoms with van der Waals surface area (Å²) < 4.78 is 42.8. The van der Waals surface area contributed by atoms with Crippen molar-refractivity contribution in [2.24, 2.45) is 11.7 Å². The molecule has 5 rings (SSSR count). The van der Waals surface area contributed by atoms with Crippen LogP contribution in [-0.2, 0) is 18.1 Å². The number of aromatic hydroxyl groups is 1. The maximum absolute atomic E-state index is 13.1. The fraction of sp³-hybridized carbons (Fsp3) is 0.478. The van der Waals surface area contributed by atoms with Crippen LogP contribution in [0, 0.1) is 5.92 Å². The summed E-state index contributed by atoms with van der Waals surface area (Å²) in [5.74, 6) is 0.926. The monoisotopic (exact) mass is 449 g/mol. The van der Waals surface area contributed by atoms with E-state index in [1.165, 1.54) is 36.9 Å². The minimum Gasteiger partial charge on any atom is -0.508 e. The Hall–Kier alpha value is -1.74. The SMILES string of the molecule is N[C@]12CCN(CC3CC3)[C@H](Cc3ccc(O)cc31)C2NSc1cccc(C(F)(F)F)c1. The number of nitrogens with zero attached hydrogens (tertiary/aromatic N) is 1. The molecule has 1 saturated heterocycles. The third kappa shape index (κ3) is 4.06. The van der Waals surface area contributed by atoms with Crippen molar-refractivity contribution in [2.75, 3.05) is 13.1 Å². The van der Waals surface area contributed by atoms with Gasteiger partial charge in [-0.3, -0.25) is 9.62 Å². The smallest absolute Gasteiger partial charge is 0.416 e. The van der Waals surface area contributed by atoms with Gasteiger partial charge in [-0.25, -0.2) is 0 Å². The average molecular weight is 450 g/mol. The maximum atomic E-state index is 13.1. The Bertz CT molecular complexity index is 981. The molecule has 2 aromatic rings. The number of phenolic OH excluding ortho intramolecular Hbond substituents is 1. The molecule has 1 heterocycles. The first-order valence-corrected chi connectivity index (χ1v) is 11.5. The van der Waals surface area contributed by atoms with Gasteiger partial charge >= 0.3 is 6.18 Å². The summed E-state index contributed by atoms with van der Waals surface area (Å²) in [4.78, 5) is 3.01. The minimum absolute atomic E-state index is 0.145. The van der Waals surface area contributed by atoms with E-state index in [1.807, 2.05) is 6.07 Å². The summed E-state index contributed by atoms with van der Waals surface area (Å²) in [6, 6.07) is 10.8. The first kappa shape index (κ1) is 21.1. The maximum Gasteiger partial charge on any atom is 0.416 e. The molecule has 166 valence electrons. The van der Waals surface area contributed by atoms with E-state index in [4.69, 9.17) is 5.73 Å². The number of halogens is 3. The molecule has 3 aliphatic rings. The molecule has 3 atom stereocenters. The number of phenols is 1. The van der Waals surface area contributed by atoms with Gasteiger partial charge in [0.05, 0.1) is 17.1 Å². The van der Waals surface area contributed by atoms with Crippen LogP contribution in [0.4, 0.5) is 13.2 Å². The highest BCUT2D eigenvalue weighted by Gasteiger charge is 2.52. The van der Waals surface area contributed by atoms with Gasteiger partial charge in [-0.2, -0.15) is 13.2 Å². The summed E-state index contributed by atoms with van der Waals surface area (Å²) >= 11 is 1.21. The van der Waals surface area contributed by atoms with Gasteiger partial charge in [-0.05, 0) is 85.0 Å². The van der Waals surface area contributed by atoms with Crippen LogP contribution < -0.4 is 10.5 Å². The predicted octanol–water partition coefficient (Wildman–Crippen LogP) is 4.27. The third-order valence-electron chi connectivity index (χ3n) is 6.90. The molecule has 4 nitrogen and oxygen atoms in total. The van der Waals surface area contributed by atoms with E-state index in [1.54, 1.807) is 18.2 Å². The zero-order valence-electron chi connectivity index (χ0n) is 17.0. The fourth-order valence-electron chi connectivity index (χ4n) is 5.06. The van der Waals surface area contributed by atoms with E-state index in [0.29, 0.717) is 4.90 Å². The molecule has 2 fully saturated rings. The largest absolute Gasteiger partial charge is 0.508 e. The highest BCUT2D eigenvalue weighted by molar-refractivity contribution is 7.97. The number of rotatable bonds is 5. The number of hydrogen-bond acceptors (Lipinski definition) is 5. The lowest BCUT2D eigenvalue weighted by molar-refractivity contribution is -0.137. The molecule has 0 spiro atoms. The van der Waals surface area contributed by atoms with Gasteiger partial charge < -0.3 is 10.8 Å². The molecular weight excluding hydrogens is 423 g/mol. The third-order valence-corrected chi connectivity index (χ3v) is 7.76. The Kier molecular flexibility index (Phi) is 5.24. The van der Waals surface area contributed by atoms with Crippen molar-refractivity contribution in [3.05, 3.63) is 59.2 Å². The quantitative estimate of drug-likeness (QED) is 0.595. The first-order valence-electron chi connectivity index (χ1n) is 10.7. The molecule has 0 aromatic heterocycles. The van der Waals surface area contributed by atoms with Crippen molar-refractivity contribution < 1.29 is 18.3 Å². The number of nitrogens with two attached hydrogens (primary N) is 1. The van der Waals surface area contributed by atoms with Crippen LogP contribution >= 0.6 is 11.9 Å². The topological polar surface area (TPSA) is 61.5 Å². The summed E-state index contributed by atoms with van der Waals surface area (Å²) in [5, 5.41) is 10.1. The second-order valence-corrected chi connectivity index (χ2v) is 9.98. The van der Waals surface area contributed by atoms with E-state index in [0.717, 1.165) is 49.0 Å². The number of piperidine rings is 1. The van der Waals surface area contributed by atoms with Crippen molar-refractivity contribution in [3.63, 3.8) is 0 Å². The van der Waals surface area contributed by atoms with Gasteiger partial charge in [0.25, 0.3) is 0 Å². The zero-order chi connectivity index (χ0) is 21.8. The molecule has 1 saturated carbocycles. The summed E-state index contributed by atoms with van der Waals surface area (Å²) in [6.45, 7) is 1.93. The number of benzene rings is 2. The molecule has 2 bridgehead atoms. The van der Waals surface area contributed by atoms with Crippen molar-refractivity contribution in [2.45, 2.75) is 54.4 Å². The molecule has 2 aromatic carbocycles. The lowest BCUT2D eigenvalue weighted by atomic mass is 9.67. The standard InChI is InChI=1S/C23H26F3N3OS/c24-23(25,26)16-2-1-3-18(11-16)31-28-21-20-10-15-6-7-17(30)12-19(15)22(21,27)8-9-29(20)13-14-4-5-14/h1-3,6-7,11-12,14,20-21,28,30H,4-5,8-10,13,27H2/t20-,21?,22-/m1/s1. The summed E-state index contributed by atoms with van der Waals surface area (Å²) in [6.07, 6.45) is -0.308. The molecule has 0 radical (unpaired) electrons. The Morgan fingerprint density at radius 1 is 1.19 bits per heavy atom. The molecule has 2 aliphatic carbocycles. The molecule has 8 heteroatoms. The number of hydrogen-bond donors (Lipinski definition) is 3. The molecule has 4 N–H and O–H groups in total. The Morgan fingerprint density at radius 2 is 2.00 bits per heavy atom. The Labute approximate surface area is 184 Å². The lowest BCUT2D eigenvalue weighted by Gasteiger charge is -2.55. The van der Waals surface area contributed by atoms with Crippen LogP contribution in [0.2, 0.25) is 0 Å². The van der Waals surface area contributed by atoms with Gasteiger partial charge in [0.1, 0.15) is 5.75 Å². The fourth-order valence-corrected chi connectivity index (χ4v) is 6.03. The van der Waals surface area contributed by atoms with E-state index < -0.39 is 17.3 Å². The molecule has 1 unspecified atom stereocenters. The van der Waals surface area contributed by atoms with Gasteiger partial charge in [0.15, 0.2) is 0 Å². The van der Waals surface area contributed by atoms with Crippen LogP contribution in [0.25, 0.3) is 0 Å². The van der Waals surface area contributed by atoms with E-state index in [2.05, 4.69) is 9.62 Å². The summed E-state index contributed by atoms with van der Waals surface area (Å²) in [5.41, 5.74) is 7.75. The second kappa shape index (κ2) is 7.69. The molecular formula is C23H26F3N3OS. The zero-order valence-corrected chi connectivity index (χ0v) is 17.8. The van der Waals surface area contributed by atoms with Crippen molar-refractivity contribution in [1.29, 1.82) is 0 Å². The first-order chi connectivity index (χ1) is 14.7. The number of fused-ring (bicyclic) bond motifs is 4. The second-order valence-electron chi connectivity index (χ2n) is 9.06. The number of alkyl halides is 3. The molecule has 1 aliphatic heterocycles. The van der Waals surface area contributed by atoms with Crippen LogP contribution in [0.5, 0.6) is 5.75 Å². The Morgan fingerprint density at radius 3 is 2.74 bits per heavy atom. The molecule has 31 heavy (non-hydrogen) atoms. The van der Waals surface area contributed by atoms with Crippen molar-refractivity contribution in [3.8, 4) is 5.75 Å². The van der Waals surface area contributed by atoms with Crippen LogP contribution in [-0.4, -0.2) is 35.2 Å². The predicted molar refractivity (Wildman–Crippen MR) is 115 cm³/mol. The normalized spacial score (nSPS) is 28.4. The summed E-state index contributed by atoms with van der Waals surface area (Å²) in [7, 11) is 0. The number of likely N-dealkylation sites (tertiary alicyclic amines) is 1. The Balaban J connectivity index is 1.44. The average Bonchev–Trinajstić information content (AvgIpc) is 3.54. The van der Waals surface area contributed by atoms with Crippen molar-refractivity contribution >= 4 is 11.9 Å². The van der Waals surface area contributed by atoms with E-state index in [9.17, 15) is 18.3 Å². The van der Waals surface area contributed by atoms with Crippen LogP contribution in [0.3, 0.4) is 0 Å². The highest BCUT2D eigenvalue weighted by Crippen LogP contribution is 2.45.